The molecule has 0 bridgehead atoms. The Morgan fingerprint density at radius 2 is 2.25 bits per heavy atom. The Bertz CT molecular complexity index is 348. The molecule has 16 heavy (non-hydrogen) atoms. The summed E-state index contributed by atoms with van der Waals surface area (Å²) in [5.41, 5.74) is 4.50. The second-order valence-electron chi connectivity index (χ2n) is 3.47. The normalized spacial score (nSPS) is 11.9. The molecule has 88 valence electrons. The third-order valence-corrected chi connectivity index (χ3v) is 2.03. The molecule has 0 saturated carbocycles. The maximum atomic E-state index is 11.2. The quantitative estimate of drug-likeness (QED) is 0.580. The van der Waals surface area contributed by atoms with Crippen LogP contribution in [-0.2, 0) is 9.59 Å². The van der Waals surface area contributed by atoms with Gasteiger partial charge in [-0.15, -0.1) is 0 Å². The number of amides is 2. The molecule has 1 aromatic heterocycles. The summed E-state index contributed by atoms with van der Waals surface area (Å²) >= 11 is 0. The Balaban J connectivity index is 2.24. The van der Waals surface area contributed by atoms with Crippen molar-refractivity contribution in [2.24, 2.45) is 0 Å². The lowest BCUT2D eigenvalue weighted by Gasteiger charge is -2.08. The summed E-state index contributed by atoms with van der Waals surface area (Å²) in [5, 5.41) is 1.82. The number of rotatable bonds is 4. The summed E-state index contributed by atoms with van der Waals surface area (Å²) in [6, 6.07) is 3.72. The van der Waals surface area contributed by atoms with E-state index in [4.69, 9.17) is 4.42 Å². The molecule has 4 N–H and O–H groups in total. The second-order valence-corrected chi connectivity index (χ2v) is 3.47. The number of carbonyl (C=O) groups is 2. The summed E-state index contributed by atoms with van der Waals surface area (Å²) in [5.74, 6) is 0.258. The van der Waals surface area contributed by atoms with Gasteiger partial charge in [0.05, 0.1) is 6.26 Å². The molecule has 1 heterocycles. The highest BCUT2D eigenvalue weighted by Gasteiger charge is 2.13. The average molecular weight is 226 g/mol. The molecule has 0 aliphatic heterocycles. The van der Waals surface area contributed by atoms with Crippen molar-refractivity contribution in [2.45, 2.75) is 19.9 Å². The van der Waals surface area contributed by atoms with Crippen molar-refractivity contribution in [3.05, 3.63) is 24.2 Å². The first-order valence-electron chi connectivity index (χ1n) is 5.01. The van der Waals surface area contributed by atoms with E-state index in [0.29, 0.717) is 0 Å². The smallest absolute Gasteiger partial charge is 0.293 e. The molecule has 1 aromatic rings. The van der Waals surface area contributed by atoms with Crippen molar-refractivity contribution in [1.29, 1.82) is 0 Å². The Hall–Kier alpha value is -1.82. The van der Waals surface area contributed by atoms with Crippen molar-refractivity contribution in [3.8, 4) is 0 Å². The van der Waals surface area contributed by atoms with Crippen LogP contribution in [0.15, 0.2) is 22.8 Å². The third kappa shape index (κ3) is 4.14. The van der Waals surface area contributed by atoms with Crippen LogP contribution in [0.1, 0.15) is 25.6 Å². The lowest BCUT2D eigenvalue weighted by Crippen LogP contribution is -2.87. The van der Waals surface area contributed by atoms with Crippen LogP contribution in [0.4, 0.5) is 0 Å². The summed E-state index contributed by atoms with van der Waals surface area (Å²) in [4.78, 5) is 21.8. The fraction of sp³-hybridized carbons (Fsp3) is 0.400. The maximum Gasteiger partial charge on any atom is 0.293 e. The van der Waals surface area contributed by atoms with E-state index < -0.39 is 0 Å². The number of nitrogens with two attached hydrogens (primary N) is 1. The highest BCUT2D eigenvalue weighted by Crippen LogP contribution is 2.06. The number of quaternary nitrogens is 1. The lowest BCUT2D eigenvalue weighted by molar-refractivity contribution is -0.684. The minimum absolute atomic E-state index is 0.0677. The molecule has 6 nitrogen and oxygen atoms in total. The summed E-state index contributed by atoms with van der Waals surface area (Å²) in [6.45, 7) is 3.49. The number of hydrazine groups is 1. The third-order valence-electron chi connectivity index (χ3n) is 2.03. The molecule has 0 aliphatic carbocycles. The van der Waals surface area contributed by atoms with Gasteiger partial charge in [-0.3, -0.25) is 20.4 Å². The standard InChI is InChI=1S/C10H15N3O3/c1-7(9-4-3-5-16-9)11-6-10(15)13-12-8(2)14/h3-5,7,11H,6H2,1-2H3,(H,12,14)(H,13,15)/p+1/t7-/m0/s1. The SMILES string of the molecule is CC(=O)NNC(=O)C[NH2+][C@@H](C)c1ccco1. The van der Waals surface area contributed by atoms with Crippen LogP contribution >= 0.6 is 0 Å². The van der Waals surface area contributed by atoms with Gasteiger partial charge in [0.15, 0.2) is 12.3 Å². The Morgan fingerprint density at radius 3 is 2.81 bits per heavy atom. The van der Waals surface area contributed by atoms with E-state index in [0.717, 1.165) is 5.76 Å². The molecular formula is C10H16N3O3+. The first-order chi connectivity index (χ1) is 7.59. The van der Waals surface area contributed by atoms with Crippen LogP contribution < -0.4 is 16.2 Å². The van der Waals surface area contributed by atoms with E-state index >= 15 is 0 Å². The largest absolute Gasteiger partial charge is 0.463 e. The number of nitrogens with one attached hydrogen (secondary N) is 2. The number of hydrogen-bond acceptors (Lipinski definition) is 3. The van der Waals surface area contributed by atoms with Gasteiger partial charge in [0.25, 0.3) is 5.91 Å². The molecule has 2 amide bonds. The number of furan rings is 1. The van der Waals surface area contributed by atoms with Gasteiger partial charge < -0.3 is 9.73 Å². The van der Waals surface area contributed by atoms with E-state index in [1.165, 1.54) is 6.92 Å². The zero-order valence-electron chi connectivity index (χ0n) is 9.32. The zero-order chi connectivity index (χ0) is 12.0. The molecule has 0 spiro atoms. The Kier molecular flexibility index (Phi) is 4.53. The fourth-order valence-corrected chi connectivity index (χ4v) is 1.16. The highest BCUT2D eigenvalue weighted by atomic mass is 16.3. The topological polar surface area (TPSA) is 88.0 Å². The molecule has 1 atom stereocenters. The maximum absolute atomic E-state index is 11.2. The van der Waals surface area contributed by atoms with Gasteiger partial charge in [-0.25, -0.2) is 0 Å². The first kappa shape index (κ1) is 12.3. The first-order valence-corrected chi connectivity index (χ1v) is 5.01. The molecule has 0 unspecified atom stereocenters. The van der Waals surface area contributed by atoms with Crippen LogP contribution in [0.5, 0.6) is 0 Å². The van der Waals surface area contributed by atoms with Gasteiger partial charge in [-0.1, -0.05) is 0 Å². The van der Waals surface area contributed by atoms with E-state index in [-0.39, 0.29) is 24.4 Å². The van der Waals surface area contributed by atoms with Crippen LogP contribution in [0.25, 0.3) is 0 Å². The Morgan fingerprint density at radius 1 is 1.50 bits per heavy atom. The van der Waals surface area contributed by atoms with Gasteiger partial charge in [-0.05, 0) is 19.1 Å². The van der Waals surface area contributed by atoms with Gasteiger partial charge in [0.2, 0.25) is 5.91 Å². The average Bonchev–Trinajstić information content (AvgIpc) is 2.76. The van der Waals surface area contributed by atoms with Crippen LogP contribution in [0.3, 0.4) is 0 Å². The molecule has 1 rings (SSSR count). The summed E-state index contributed by atoms with van der Waals surface area (Å²) in [6.07, 6.45) is 1.59. The monoisotopic (exact) mass is 226 g/mol. The fourth-order valence-electron chi connectivity index (χ4n) is 1.16. The van der Waals surface area contributed by atoms with Gasteiger partial charge >= 0.3 is 0 Å². The number of hydrogen-bond donors (Lipinski definition) is 3. The Labute approximate surface area is 93.4 Å². The van der Waals surface area contributed by atoms with E-state index in [1.54, 1.807) is 12.3 Å². The van der Waals surface area contributed by atoms with Crippen molar-refractivity contribution in [2.75, 3.05) is 6.54 Å². The molecule has 0 aromatic carbocycles. The molecule has 0 saturated heterocycles. The van der Waals surface area contributed by atoms with Crippen molar-refractivity contribution < 1.29 is 19.3 Å². The second kappa shape index (κ2) is 5.92. The predicted molar refractivity (Wildman–Crippen MR) is 55.9 cm³/mol. The summed E-state index contributed by atoms with van der Waals surface area (Å²) < 4.78 is 5.19. The van der Waals surface area contributed by atoms with Gasteiger partial charge in [0.1, 0.15) is 6.04 Å². The van der Waals surface area contributed by atoms with E-state index in [2.05, 4.69) is 10.9 Å². The molecule has 0 aliphatic rings. The highest BCUT2D eigenvalue weighted by molar-refractivity contribution is 5.81. The minimum atomic E-state index is -0.299. The van der Waals surface area contributed by atoms with Gasteiger partial charge in [0, 0.05) is 6.92 Å². The molecular weight excluding hydrogens is 210 g/mol. The van der Waals surface area contributed by atoms with E-state index in [1.807, 2.05) is 18.3 Å². The number of carbonyl (C=O) groups excluding carboxylic acids is 2. The van der Waals surface area contributed by atoms with Gasteiger partial charge in [-0.2, -0.15) is 0 Å². The summed E-state index contributed by atoms with van der Waals surface area (Å²) in [7, 11) is 0. The molecule has 0 radical (unpaired) electrons. The van der Waals surface area contributed by atoms with Crippen molar-refractivity contribution >= 4 is 11.8 Å². The van der Waals surface area contributed by atoms with Crippen LogP contribution in [0.2, 0.25) is 0 Å². The van der Waals surface area contributed by atoms with Crippen molar-refractivity contribution in [3.63, 3.8) is 0 Å². The van der Waals surface area contributed by atoms with E-state index in [9.17, 15) is 9.59 Å². The predicted octanol–water partition coefficient (Wildman–Crippen LogP) is -0.929. The minimum Gasteiger partial charge on any atom is -0.463 e. The van der Waals surface area contributed by atoms with Crippen molar-refractivity contribution in [1.82, 2.24) is 10.9 Å². The van der Waals surface area contributed by atoms with Crippen LogP contribution in [-0.4, -0.2) is 18.4 Å². The zero-order valence-corrected chi connectivity index (χ0v) is 9.32. The molecule has 0 fully saturated rings. The van der Waals surface area contributed by atoms with Crippen LogP contribution in [0, 0.1) is 0 Å². The lowest BCUT2D eigenvalue weighted by atomic mass is 10.2. The molecule has 6 heteroatoms.